The molecule has 3 rings (SSSR count). The second-order valence-electron chi connectivity index (χ2n) is 9.21. The van der Waals surface area contributed by atoms with Crippen molar-refractivity contribution in [2.24, 2.45) is 0 Å². The molecule has 1 aliphatic rings. The van der Waals surface area contributed by atoms with Gasteiger partial charge in [0.15, 0.2) is 0 Å². The molecule has 6 nitrogen and oxygen atoms in total. The Bertz CT molecular complexity index is 1040. The maximum Gasteiger partial charge on any atom is 0.326 e. The fourth-order valence-electron chi connectivity index (χ4n) is 4.72. The zero-order chi connectivity index (χ0) is 24.7. The fraction of sp³-hybridized carbons (Fsp3) is 0.429. The Labute approximate surface area is 201 Å². The van der Waals surface area contributed by atoms with Crippen molar-refractivity contribution in [3.63, 3.8) is 0 Å². The van der Waals surface area contributed by atoms with E-state index in [0.717, 1.165) is 44.1 Å². The SMILES string of the molecule is CCCCCc1cc(O)c(C2C=C(C)CCC2)c(O)c1C(=O)N[C@@H](Cc1ccccc1)C(=O)O. The number of phenolic OH excluding ortho intramolecular Hbond substituents is 2. The number of allylic oxidation sites excluding steroid dienone is 2. The second-order valence-corrected chi connectivity index (χ2v) is 9.21. The Morgan fingerprint density at radius 2 is 1.88 bits per heavy atom. The summed E-state index contributed by atoms with van der Waals surface area (Å²) in [6.07, 6.45) is 8.07. The third-order valence-electron chi connectivity index (χ3n) is 6.51. The number of carbonyl (C=O) groups excluding carboxylic acids is 1. The van der Waals surface area contributed by atoms with Crippen molar-refractivity contribution in [3.8, 4) is 11.5 Å². The predicted octanol–water partition coefficient (Wildman–Crippen LogP) is 5.47. The molecule has 34 heavy (non-hydrogen) atoms. The third-order valence-corrected chi connectivity index (χ3v) is 6.51. The fourth-order valence-corrected chi connectivity index (χ4v) is 4.72. The standard InChI is InChI=1S/C28H35NO5/c1-3-4-6-13-21-17-23(30)24(20-14-9-10-18(2)15-20)26(31)25(21)27(32)29-22(28(33)34)16-19-11-7-5-8-12-19/h5,7-8,11-12,15,17,20,22,30-31H,3-4,6,9-10,13-14,16H2,1-2H3,(H,29,32)(H,33,34)/t20?,22-/m0/s1. The average Bonchev–Trinajstić information content (AvgIpc) is 2.79. The quantitative estimate of drug-likeness (QED) is 0.275. The van der Waals surface area contributed by atoms with Crippen molar-refractivity contribution >= 4 is 11.9 Å². The minimum Gasteiger partial charge on any atom is -0.507 e. The molecule has 1 aliphatic carbocycles. The van der Waals surface area contributed by atoms with E-state index >= 15 is 0 Å². The summed E-state index contributed by atoms with van der Waals surface area (Å²) in [5.41, 5.74) is 2.92. The van der Waals surface area contributed by atoms with E-state index in [9.17, 15) is 24.9 Å². The Morgan fingerprint density at radius 3 is 2.53 bits per heavy atom. The molecule has 0 aliphatic heterocycles. The van der Waals surface area contributed by atoms with Crippen LogP contribution in [0.3, 0.4) is 0 Å². The molecule has 6 heteroatoms. The Balaban J connectivity index is 1.98. The highest BCUT2D eigenvalue weighted by molar-refractivity contribution is 6.01. The topological polar surface area (TPSA) is 107 Å². The van der Waals surface area contributed by atoms with Gasteiger partial charge in [0.25, 0.3) is 5.91 Å². The van der Waals surface area contributed by atoms with E-state index < -0.39 is 17.9 Å². The molecule has 0 fully saturated rings. The van der Waals surface area contributed by atoms with E-state index in [4.69, 9.17) is 0 Å². The second kappa shape index (κ2) is 11.7. The van der Waals surface area contributed by atoms with Crippen LogP contribution in [0.25, 0.3) is 0 Å². The first-order valence-corrected chi connectivity index (χ1v) is 12.1. The Hall–Kier alpha value is -3.28. The minimum absolute atomic E-state index is 0.0180. The number of aliphatic carboxylic acids is 1. The third kappa shape index (κ3) is 6.19. The molecule has 0 saturated carbocycles. The van der Waals surface area contributed by atoms with E-state index in [2.05, 4.69) is 12.2 Å². The maximum atomic E-state index is 13.4. The van der Waals surface area contributed by atoms with Crippen molar-refractivity contribution in [3.05, 3.63) is 70.3 Å². The highest BCUT2D eigenvalue weighted by Gasteiger charge is 2.29. The average molecular weight is 466 g/mol. The first-order valence-electron chi connectivity index (χ1n) is 12.1. The van der Waals surface area contributed by atoms with E-state index in [1.54, 1.807) is 6.07 Å². The van der Waals surface area contributed by atoms with Crippen molar-refractivity contribution in [1.82, 2.24) is 5.32 Å². The lowest BCUT2D eigenvalue weighted by molar-refractivity contribution is -0.139. The van der Waals surface area contributed by atoms with Gasteiger partial charge in [-0.2, -0.15) is 0 Å². The van der Waals surface area contributed by atoms with Crippen LogP contribution in [0.4, 0.5) is 0 Å². The van der Waals surface area contributed by atoms with Gasteiger partial charge in [-0.05, 0) is 56.2 Å². The summed E-state index contributed by atoms with van der Waals surface area (Å²) in [6, 6.07) is 9.53. The van der Waals surface area contributed by atoms with Gasteiger partial charge in [0.1, 0.15) is 17.5 Å². The molecule has 1 amide bonds. The lowest BCUT2D eigenvalue weighted by Gasteiger charge is -2.24. The molecule has 0 saturated heterocycles. The van der Waals surface area contributed by atoms with Crippen LogP contribution in [-0.2, 0) is 17.6 Å². The first kappa shape index (κ1) is 25.3. The van der Waals surface area contributed by atoms with Gasteiger partial charge in [0.05, 0.1) is 5.56 Å². The number of amides is 1. The van der Waals surface area contributed by atoms with Crippen LogP contribution in [0.2, 0.25) is 0 Å². The van der Waals surface area contributed by atoms with E-state index in [0.29, 0.717) is 17.5 Å². The van der Waals surface area contributed by atoms with E-state index in [1.165, 1.54) is 5.57 Å². The summed E-state index contributed by atoms with van der Waals surface area (Å²) < 4.78 is 0. The van der Waals surface area contributed by atoms with Crippen LogP contribution in [0, 0.1) is 0 Å². The highest BCUT2D eigenvalue weighted by Crippen LogP contribution is 2.44. The Kier molecular flexibility index (Phi) is 8.74. The molecule has 4 N–H and O–H groups in total. The number of nitrogens with one attached hydrogen (secondary N) is 1. The van der Waals surface area contributed by atoms with Gasteiger partial charge < -0.3 is 20.6 Å². The number of aryl methyl sites for hydroxylation is 1. The summed E-state index contributed by atoms with van der Waals surface area (Å²) in [7, 11) is 0. The Morgan fingerprint density at radius 1 is 1.15 bits per heavy atom. The van der Waals surface area contributed by atoms with Gasteiger partial charge in [-0.25, -0.2) is 4.79 Å². The number of benzene rings is 2. The molecule has 0 heterocycles. The number of aromatic hydroxyl groups is 2. The molecule has 0 radical (unpaired) electrons. The van der Waals surface area contributed by atoms with E-state index in [1.807, 2.05) is 43.3 Å². The van der Waals surface area contributed by atoms with Gasteiger partial charge in [-0.1, -0.05) is 61.7 Å². The zero-order valence-corrected chi connectivity index (χ0v) is 20.0. The van der Waals surface area contributed by atoms with Crippen LogP contribution in [0.5, 0.6) is 11.5 Å². The van der Waals surface area contributed by atoms with E-state index in [-0.39, 0.29) is 29.4 Å². The normalized spacial score (nSPS) is 16.5. The van der Waals surface area contributed by atoms with Gasteiger partial charge in [0, 0.05) is 17.9 Å². The number of carbonyl (C=O) groups is 2. The molecule has 2 aromatic rings. The molecule has 182 valence electrons. The molecule has 0 aromatic heterocycles. The van der Waals surface area contributed by atoms with Crippen LogP contribution in [0.1, 0.15) is 85.3 Å². The van der Waals surface area contributed by atoms with Crippen LogP contribution in [-0.4, -0.2) is 33.2 Å². The van der Waals surface area contributed by atoms with Crippen LogP contribution in [0.15, 0.2) is 48.0 Å². The zero-order valence-electron chi connectivity index (χ0n) is 20.0. The van der Waals surface area contributed by atoms with Crippen LogP contribution < -0.4 is 5.32 Å². The lowest BCUT2D eigenvalue weighted by Crippen LogP contribution is -2.42. The lowest BCUT2D eigenvalue weighted by atomic mass is 9.83. The molecule has 0 spiro atoms. The van der Waals surface area contributed by atoms with Gasteiger partial charge in [0.2, 0.25) is 0 Å². The number of phenols is 2. The molecule has 0 bridgehead atoms. The number of hydrogen-bond donors (Lipinski definition) is 4. The molecular weight excluding hydrogens is 430 g/mol. The minimum atomic E-state index is -1.15. The number of carboxylic acids is 1. The molecular formula is C28H35NO5. The summed E-state index contributed by atoms with van der Waals surface area (Å²) >= 11 is 0. The highest BCUT2D eigenvalue weighted by atomic mass is 16.4. The number of unbranched alkanes of at least 4 members (excludes halogenated alkanes) is 2. The van der Waals surface area contributed by atoms with Gasteiger partial charge in [-0.3, -0.25) is 4.79 Å². The van der Waals surface area contributed by atoms with Gasteiger partial charge >= 0.3 is 5.97 Å². The van der Waals surface area contributed by atoms with Gasteiger partial charge in [-0.15, -0.1) is 0 Å². The van der Waals surface area contributed by atoms with Crippen molar-refractivity contribution in [2.75, 3.05) is 0 Å². The number of carboxylic acid groups (broad SMARTS) is 1. The predicted molar refractivity (Wildman–Crippen MR) is 132 cm³/mol. The van der Waals surface area contributed by atoms with Crippen molar-refractivity contribution in [1.29, 1.82) is 0 Å². The molecule has 2 atom stereocenters. The number of rotatable bonds is 10. The maximum absolute atomic E-state index is 13.4. The van der Waals surface area contributed by atoms with Crippen LogP contribution >= 0.6 is 0 Å². The summed E-state index contributed by atoms with van der Waals surface area (Å²) in [4.78, 5) is 25.3. The largest absolute Gasteiger partial charge is 0.507 e. The first-order chi connectivity index (χ1) is 16.3. The summed E-state index contributed by atoms with van der Waals surface area (Å²) in [5.74, 6) is -2.23. The number of hydrogen-bond acceptors (Lipinski definition) is 4. The monoisotopic (exact) mass is 465 g/mol. The van der Waals surface area contributed by atoms with Crippen molar-refractivity contribution < 1.29 is 24.9 Å². The molecule has 1 unspecified atom stereocenters. The smallest absolute Gasteiger partial charge is 0.326 e. The van der Waals surface area contributed by atoms with Crippen molar-refractivity contribution in [2.45, 2.75) is 77.2 Å². The summed E-state index contributed by atoms with van der Waals surface area (Å²) in [6.45, 7) is 4.10. The molecule has 2 aromatic carbocycles. The summed E-state index contributed by atoms with van der Waals surface area (Å²) in [5, 5.41) is 34.4.